The number of nitrogens with one attached hydrogen (secondary N) is 2. The average molecular weight is 478 g/mol. The van der Waals surface area contributed by atoms with Crippen molar-refractivity contribution in [3.05, 3.63) is 59.3 Å². The first-order valence-corrected chi connectivity index (χ1v) is 18.6. The number of anilines is 2. The van der Waals surface area contributed by atoms with Gasteiger partial charge in [0.2, 0.25) is 11.9 Å². The zero-order chi connectivity index (χ0) is 24.0. The van der Waals surface area contributed by atoms with Crippen LogP contribution < -0.4 is 9.96 Å². The number of hydrogen-bond donors (Lipinski definition) is 2. The fraction of sp³-hybridized carbons (Fsp3) is 0.400. The summed E-state index contributed by atoms with van der Waals surface area (Å²) in [4.78, 5) is 32.3. The maximum Gasteiger partial charge on any atom is 0.227 e. The number of carbonyl (C=O) groups excluding carboxylic acids is 1. The van der Waals surface area contributed by atoms with Crippen molar-refractivity contribution in [2.45, 2.75) is 65.2 Å². The molecule has 8 heteroatoms. The maximum atomic E-state index is 13.4. The number of aromatic nitrogens is 2. The third-order valence-corrected chi connectivity index (χ3v) is 7.66. The summed E-state index contributed by atoms with van der Waals surface area (Å²) < 4.78 is 0. The second-order valence-electron chi connectivity index (χ2n) is 11.1. The summed E-state index contributed by atoms with van der Waals surface area (Å²) in [5, 5.41) is 2.35. The molecule has 0 spiro atoms. The van der Waals surface area contributed by atoms with Crippen LogP contribution in [0.3, 0.4) is 0 Å². The van der Waals surface area contributed by atoms with E-state index in [0.29, 0.717) is 18.9 Å². The Balaban J connectivity index is 1.62. The van der Waals surface area contributed by atoms with Crippen molar-refractivity contribution in [1.82, 2.24) is 14.9 Å². The number of nitrogens with zero attached hydrogens (tertiary/aromatic N) is 3. The highest BCUT2D eigenvalue weighted by Crippen LogP contribution is 2.37. The van der Waals surface area contributed by atoms with Crippen LogP contribution in [0.4, 0.5) is 11.8 Å². The Morgan fingerprint density at radius 3 is 2.30 bits per heavy atom. The number of benzene rings is 2. The maximum absolute atomic E-state index is 13.4. The molecule has 1 aromatic heterocycles. The molecule has 1 atom stereocenters. The van der Waals surface area contributed by atoms with Gasteiger partial charge in [0.15, 0.2) is 0 Å². The quantitative estimate of drug-likeness (QED) is 0.441. The van der Waals surface area contributed by atoms with E-state index in [0.717, 1.165) is 28.0 Å². The molecule has 3 aromatic rings. The third kappa shape index (κ3) is 5.44. The molecular weight excluding hydrogens is 442 g/mol. The highest BCUT2D eigenvalue weighted by Gasteiger charge is 2.36. The minimum absolute atomic E-state index is 0.0830. The van der Waals surface area contributed by atoms with Crippen LogP contribution in [0.15, 0.2) is 42.5 Å². The van der Waals surface area contributed by atoms with E-state index in [2.05, 4.69) is 86.5 Å². The van der Waals surface area contributed by atoms with Crippen molar-refractivity contribution >= 4 is 44.9 Å². The average Bonchev–Trinajstić information content (AvgIpc) is 3.02. The van der Waals surface area contributed by atoms with Gasteiger partial charge in [0.25, 0.3) is 0 Å². The third-order valence-electron chi connectivity index (χ3n) is 5.70. The molecule has 0 fully saturated rings. The molecule has 0 aliphatic carbocycles. The second-order valence-corrected chi connectivity index (χ2v) is 20.6. The van der Waals surface area contributed by atoms with Crippen LogP contribution in [0.1, 0.15) is 29.8 Å². The molecule has 2 N–H and O–H groups in total. The molecule has 0 bridgehead atoms. The van der Waals surface area contributed by atoms with Crippen LogP contribution in [0.25, 0.3) is 10.8 Å². The van der Waals surface area contributed by atoms with Gasteiger partial charge < -0.3 is 14.9 Å². The van der Waals surface area contributed by atoms with Gasteiger partial charge in [0.1, 0.15) is 22.3 Å². The van der Waals surface area contributed by atoms with E-state index in [1.165, 1.54) is 5.39 Å². The Bertz CT molecular complexity index is 1200. The van der Waals surface area contributed by atoms with Gasteiger partial charge in [-0.2, -0.15) is 4.98 Å². The van der Waals surface area contributed by atoms with E-state index < -0.39 is 16.5 Å². The lowest BCUT2D eigenvalue weighted by molar-refractivity contribution is -0.132. The SMILES string of the molecule is CC1c2nc(N[Si](C)(C)C)nc(N[Si](C)(C)C)c2CN1C(=O)Cc1ccc2ccccc2c1. The van der Waals surface area contributed by atoms with Gasteiger partial charge in [-0.15, -0.1) is 0 Å². The van der Waals surface area contributed by atoms with Gasteiger partial charge in [0, 0.05) is 5.56 Å². The molecule has 1 unspecified atom stereocenters. The standard InChI is InChI=1S/C25H35N5OSi2/c1-17-23-21(24(28-32(2,3)4)27-25(26-23)29-33(5,6)7)16-30(17)22(31)15-18-12-13-19-10-8-9-11-20(19)14-18/h8-14,17H,15-16H2,1-7H3,(H2,26,27,28,29). The molecular formula is C25H35N5OSi2. The zero-order valence-electron chi connectivity index (χ0n) is 20.8. The van der Waals surface area contributed by atoms with Crippen molar-refractivity contribution < 1.29 is 4.79 Å². The summed E-state index contributed by atoms with van der Waals surface area (Å²) >= 11 is 0. The predicted octanol–water partition coefficient (Wildman–Crippen LogP) is 5.77. The zero-order valence-corrected chi connectivity index (χ0v) is 22.8. The van der Waals surface area contributed by atoms with Crippen molar-refractivity contribution in [1.29, 1.82) is 0 Å². The Labute approximate surface area is 199 Å². The van der Waals surface area contributed by atoms with Crippen molar-refractivity contribution in [3.63, 3.8) is 0 Å². The smallest absolute Gasteiger partial charge is 0.227 e. The molecule has 0 radical (unpaired) electrons. The Hall–Kier alpha value is -2.72. The first kappa shape index (κ1) is 23.4. The topological polar surface area (TPSA) is 70.2 Å². The molecule has 0 saturated heterocycles. The highest BCUT2D eigenvalue weighted by molar-refractivity contribution is 6.79. The number of hydrogen-bond acceptors (Lipinski definition) is 5. The summed E-state index contributed by atoms with van der Waals surface area (Å²) in [6, 6.07) is 14.4. The summed E-state index contributed by atoms with van der Waals surface area (Å²) in [5.41, 5.74) is 3.05. The minimum atomic E-state index is -1.64. The number of fused-ring (bicyclic) bond motifs is 2. The van der Waals surface area contributed by atoms with Crippen molar-refractivity contribution in [2.75, 3.05) is 9.96 Å². The summed E-state index contributed by atoms with van der Waals surface area (Å²) in [7, 11) is -3.26. The molecule has 1 aliphatic heterocycles. The highest BCUT2D eigenvalue weighted by atomic mass is 28.3. The first-order chi connectivity index (χ1) is 15.4. The van der Waals surface area contributed by atoms with Gasteiger partial charge >= 0.3 is 0 Å². The van der Waals surface area contributed by atoms with Gasteiger partial charge in [-0.1, -0.05) is 81.7 Å². The Morgan fingerprint density at radius 2 is 1.64 bits per heavy atom. The molecule has 4 rings (SSSR count). The van der Waals surface area contributed by atoms with E-state index in [1.807, 2.05) is 17.0 Å². The van der Waals surface area contributed by atoms with E-state index in [9.17, 15) is 4.79 Å². The van der Waals surface area contributed by atoms with Crippen LogP contribution in [0.2, 0.25) is 39.3 Å². The van der Waals surface area contributed by atoms with Gasteiger partial charge in [0.05, 0.1) is 24.7 Å². The summed E-state index contributed by atoms with van der Waals surface area (Å²) in [5.74, 6) is 1.67. The first-order valence-electron chi connectivity index (χ1n) is 11.6. The minimum Gasteiger partial charge on any atom is -0.395 e. The number of amides is 1. The molecule has 1 aliphatic rings. The van der Waals surface area contributed by atoms with Gasteiger partial charge in [-0.05, 0) is 23.3 Å². The Morgan fingerprint density at radius 1 is 0.970 bits per heavy atom. The van der Waals surface area contributed by atoms with E-state index in [-0.39, 0.29) is 11.9 Å². The lowest BCUT2D eigenvalue weighted by Gasteiger charge is -2.23. The van der Waals surface area contributed by atoms with E-state index >= 15 is 0 Å². The van der Waals surface area contributed by atoms with E-state index in [4.69, 9.17) is 9.97 Å². The summed E-state index contributed by atoms with van der Waals surface area (Å²) in [6.07, 6.45) is 0.382. The lowest BCUT2D eigenvalue weighted by Crippen LogP contribution is -2.35. The van der Waals surface area contributed by atoms with Crippen LogP contribution >= 0.6 is 0 Å². The summed E-state index contributed by atoms with van der Waals surface area (Å²) in [6.45, 7) is 16.1. The van der Waals surface area contributed by atoms with Crippen LogP contribution in [-0.4, -0.2) is 37.2 Å². The van der Waals surface area contributed by atoms with Crippen LogP contribution in [0.5, 0.6) is 0 Å². The van der Waals surface area contributed by atoms with Crippen molar-refractivity contribution in [2.24, 2.45) is 0 Å². The molecule has 174 valence electrons. The predicted molar refractivity (Wildman–Crippen MR) is 143 cm³/mol. The van der Waals surface area contributed by atoms with Crippen LogP contribution in [0, 0.1) is 0 Å². The van der Waals surface area contributed by atoms with Crippen LogP contribution in [-0.2, 0) is 17.8 Å². The molecule has 0 saturated carbocycles. The molecule has 6 nitrogen and oxygen atoms in total. The van der Waals surface area contributed by atoms with Crippen molar-refractivity contribution in [3.8, 4) is 0 Å². The normalized spacial score (nSPS) is 16.1. The molecule has 2 heterocycles. The van der Waals surface area contributed by atoms with Gasteiger partial charge in [-0.3, -0.25) is 4.79 Å². The molecule has 1 amide bonds. The van der Waals surface area contributed by atoms with E-state index in [1.54, 1.807) is 0 Å². The monoisotopic (exact) mass is 477 g/mol. The second kappa shape index (κ2) is 8.57. The fourth-order valence-corrected chi connectivity index (χ4v) is 5.94. The lowest BCUT2D eigenvalue weighted by atomic mass is 10.0. The number of rotatable bonds is 6. The molecule has 33 heavy (non-hydrogen) atoms. The Kier molecular flexibility index (Phi) is 6.09. The number of carbonyl (C=O) groups is 1. The fourth-order valence-electron chi connectivity index (χ4n) is 4.24. The largest absolute Gasteiger partial charge is 0.395 e. The molecule has 2 aromatic carbocycles. The van der Waals surface area contributed by atoms with Gasteiger partial charge in [-0.25, -0.2) is 4.98 Å².